The second kappa shape index (κ2) is 7.34. The smallest absolute Gasteiger partial charge is 0.311 e. The van der Waals surface area contributed by atoms with E-state index in [0.717, 1.165) is 25.9 Å². The molecule has 0 saturated carbocycles. The molecule has 0 spiro atoms. The maximum Gasteiger partial charge on any atom is 0.311 e. The highest BCUT2D eigenvalue weighted by molar-refractivity contribution is 5.84. The van der Waals surface area contributed by atoms with E-state index < -0.39 is 0 Å². The van der Waals surface area contributed by atoms with Crippen LogP contribution < -0.4 is 15.8 Å². The van der Waals surface area contributed by atoms with Crippen LogP contribution in [0.2, 0.25) is 0 Å². The zero-order valence-corrected chi connectivity index (χ0v) is 14.9. The molecule has 0 aromatic heterocycles. The summed E-state index contributed by atoms with van der Waals surface area (Å²) in [6.07, 6.45) is 2.45. The third-order valence-electron chi connectivity index (χ3n) is 4.89. The molecule has 4 N–H and O–H groups in total. The van der Waals surface area contributed by atoms with E-state index in [1.165, 1.54) is 5.56 Å². The maximum absolute atomic E-state index is 12.2. The average Bonchev–Trinajstić information content (AvgIpc) is 2.53. The molecule has 1 heterocycles. The van der Waals surface area contributed by atoms with Crippen molar-refractivity contribution in [3.63, 3.8) is 0 Å². The molecule has 1 fully saturated rings. The van der Waals surface area contributed by atoms with Crippen molar-refractivity contribution in [1.29, 1.82) is 5.41 Å². The molecule has 1 aromatic carbocycles. The van der Waals surface area contributed by atoms with Crippen molar-refractivity contribution in [2.45, 2.75) is 51.9 Å². The number of carbonyl (C=O) groups is 1. The first-order chi connectivity index (χ1) is 11.2. The summed E-state index contributed by atoms with van der Waals surface area (Å²) >= 11 is 0. The van der Waals surface area contributed by atoms with Crippen molar-refractivity contribution in [2.75, 3.05) is 13.1 Å². The molecule has 1 aliphatic heterocycles. The summed E-state index contributed by atoms with van der Waals surface area (Å²) in [4.78, 5) is 12.2. The van der Waals surface area contributed by atoms with Gasteiger partial charge in [-0.25, -0.2) is 0 Å². The molecule has 0 atom stereocenters. The van der Waals surface area contributed by atoms with E-state index >= 15 is 0 Å². The van der Waals surface area contributed by atoms with Crippen LogP contribution in [0.15, 0.2) is 24.3 Å². The van der Waals surface area contributed by atoms with Crippen molar-refractivity contribution in [3.05, 3.63) is 29.8 Å². The fraction of sp³-hybridized carbons (Fsp3) is 0.579. The van der Waals surface area contributed by atoms with Crippen LogP contribution >= 0.6 is 0 Å². The number of amidine groups is 1. The average molecular weight is 331 g/mol. The van der Waals surface area contributed by atoms with Crippen LogP contribution in [0.1, 0.15) is 52.0 Å². The molecule has 5 nitrogen and oxygen atoms in total. The second-order valence-corrected chi connectivity index (χ2v) is 7.69. The Morgan fingerprint density at radius 2 is 1.83 bits per heavy atom. The normalized spacial score (nSPS) is 17.3. The highest BCUT2D eigenvalue weighted by atomic mass is 16.5. The lowest BCUT2D eigenvalue weighted by Crippen LogP contribution is -2.45. The molecule has 0 unspecified atom stereocenters. The molecule has 0 bridgehead atoms. The minimum absolute atomic E-state index is 0.0748. The zero-order valence-electron chi connectivity index (χ0n) is 14.9. The van der Waals surface area contributed by atoms with Crippen LogP contribution in [0, 0.1) is 10.8 Å². The van der Waals surface area contributed by atoms with Crippen LogP contribution in [0.5, 0.6) is 5.75 Å². The number of piperidine rings is 1. The third-order valence-corrected chi connectivity index (χ3v) is 4.89. The Labute approximate surface area is 144 Å². The van der Waals surface area contributed by atoms with Crippen LogP contribution in [-0.4, -0.2) is 24.9 Å². The summed E-state index contributed by atoms with van der Waals surface area (Å²) in [5.41, 5.74) is 6.72. The second-order valence-electron chi connectivity index (χ2n) is 7.69. The van der Waals surface area contributed by atoms with Gasteiger partial charge in [-0.1, -0.05) is 32.9 Å². The largest absolute Gasteiger partial charge is 0.427 e. The summed E-state index contributed by atoms with van der Waals surface area (Å²) in [7, 11) is 0. The number of ether oxygens (including phenoxy) is 1. The van der Waals surface area contributed by atoms with Crippen LogP contribution in [0.25, 0.3) is 0 Å². The number of nitrogens with two attached hydrogens (primary N) is 1. The molecule has 1 saturated heterocycles. The zero-order chi connectivity index (χ0) is 17.8. The van der Waals surface area contributed by atoms with Crippen LogP contribution in [0.3, 0.4) is 0 Å². The lowest BCUT2D eigenvalue weighted by Gasteiger charge is -2.36. The van der Waals surface area contributed by atoms with E-state index in [9.17, 15) is 4.79 Å². The first-order valence-corrected chi connectivity index (χ1v) is 8.59. The predicted octanol–water partition coefficient (Wildman–Crippen LogP) is 2.98. The fourth-order valence-electron chi connectivity index (χ4n) is 3.11. The molecule has 5 heteroatoms. The standard InChI is InChI=1S/C19H29N3O2/c1-18(2,3)14-4-6-15(7-5-14)24-16(23)8-9-19(17(20)21)10-12-22-13-11-19/h4-7,22H,8-13H2,1-3H3,(H3,20,21). The highest BCUT2D eigenvalue weighted by Gasteiger charge is 2.35. The molecule has 132 valence electrons. The number of hydrogen-bond acceptors (Lipinski definition) is 4. The van der Waals surface area contributed by atoms with Gasteiger partial charge in [0.1, 0.15) is 5.75 Å². The Morgan fingerprint density at radius 3 is 2.33 bits per heavy atom. The van der Waals surface area contributed by atoms with Crippen molar-refractivity contribution >= 4 is 11.8 Å². The van der Waals surface area contributed by atoms with Crippen LogP contribution in [-0.2, 0) is 10.2 Å². The number of hydrogen-bond donors (Lipinski definition) is 3. The van der Waals surface area contributed by atoms with Crippen molar-refractivity contribution in [2.24, 2.45) is 11.1 Å². The Morgan fingerprint density at radius 1 is 1.25 bits per heavy atom. The van der Waals surface area contributed by atoms with E-state index in [1.807, 2.05) is 24.3 Å². The van der Waals surface area contributed by atoms with Crippen molar-refractivity contribution < 1.29 is 9.53 Å². The molecule has 24 heavy (non-hydrogen) atoms. The first kappa shape index (κ1) is 18.5. The molecule has 2 rings (SSSR count). The summed E-state index contributed by atoms with van der Waals surface area (Å²) in [5, 5.41) is 11.2. The van der Waals surface area contributed by atoms with E-state index in [2.05, 4.69) is 26.1 Å². The molecular weight excluding hydrogens is 302 g/mol. The van der Waals surface area contributed by atoms with Gasteiger partial charge in [-0.05, 0) is 55.5 Å². The Balaban J connectivity index is 1.92. The van der Waals surface area contributed by atoms with E-state index in [0.29, 0.717) is 12.2 Å². The summed E-state index contributed by atoms with van der Waals surface area (Å²) < 4.78 is 5.43. The van der Waals surface area contributed by atoms with Gasteiger partial charge in [-0.2, -0.15) is 0 Å². The highest BCUT2D eigenvalue weighted by Crippen LogP contribution is 2.34. The van der Waals surface area contributed by atoms with E-state index in [1.54, 1.807) is 0 Å². The number of nitrogens with one attached hydrogen (secondary N) is 2. The molecular formula is C19H29N3O2. The Hall–Kier alpha value is -1.88. The topological polar surface area (TPSA) is 88.2 Å². The number of carbonyl (C=O) groups excluding carboxylic acids is 1. The van der Waals surface area contributed by atoms with Gasteiger partial charge in [0.05, 0.1) is 5.84 Å². The number of rotatable bonds is 5. The lowest BCUT2D eigenvalue weighted by molar-refractivity contribution is -0.134. The Bertz CT molecular complexity index is 582. The lowest BCUT2D eigenvalue weighted by atomic mass is 9.74. The third kappa shape index (κ3) is 4.57. The molecule has 1 aliphatic rings. The summed E-state index contributed by atoms with van der Waals surface area (Å²) in [6.45, 7) is 8.11. The monoisotopic (exact) mass is 331 g/mol. The van der Waals surface area contributed by atoms with Gasteiger partial charge in [0.2, 0.25) is 0 Å². The molecule has 1 aromatic rings. The molecule has 0 radical (unpaired) electrons. The van der Waals surface area contributed by atoms with E-state index in [4.69, 9.17) is 15.9 Å². The van der Waals surface area contributed by atoms with Crippen molar-refractivity contribution in [3.8, 4) is 5.75 Å². The number of esters is 1. The predicted molar refractivity (Wildman–Crippen MR) is 96.5 cm³/mol. The number of benzene rings is 1. The fourth-order valence-corrected chi connectivity index (χ4v) is 3.11. The van der Waals surface area contributed by atoms with E-state index in [-0.39, 0.29) is 29.1 Å². The van der Waals surface area contributed by atoms with Crippen LogP contribution in [0.4, 0.5) is 0 Å². The summed E-state index contributed by atoms with van der Waals surface area (Å²) in [5.74, 6) is 0.485. The molecule has 0 amide bonds. The molecule has 0 aliphatic carbocycles. The summed E-state index contributed by atoms with van der Waals surface area (Å²) in [6, 6.07) is 7.66. The first-order valence-electron chi connectivity index (χ1n) is 8.59. The maximum atomic E-state index is 12.2. The van der Waals surface area contributed by atoms with Gasteiger partial charge >= 0.3 is 5.97 Å². The quantitative estimate of drug-likeness (QED) is 0.335. The van der Waals surface area contributed by atoms with Gasteiger partial charge in [0, 0.05) is 11.8 Å². The minimum atomic E-state index is -0.361. The van der Waals surface area contributed by atoms with Gasteiger partial charge < -0.3 is 15.8 Å². The van der Waals surface area contributed by atoms with Crippen molar-refractivity contribution in [1.82, 2.24) is 5.32 Å². The Kier molecular flexibility index (Phi) is 5.65. The van der Waals surface area contributed by atoms with Gasteiger partial charge in [-0.15, -0.1) is 0 Å². The SMILES string of the molecule is CC(C)(C)c1ccc(OC(=O)CCC2(C(=N)N)CCNCC2)cc1. The van der Waals surface area contributed by atoms with Gasteiger partial charge in [0.15, 0.2) is 0 Å². The van der Waals surface area contributed by atoms with Gasteiger partial charge in [0.25, 0.3) is 0 Å². The minimum Gasteiger partial charge on any atom is -0.427 e. The van der Waals surface area contributed by atoms with Gasteiger partial charge in [-0.3, -0.25) is 10.2 Å².